The highest BCUT2D eigenvalue weighted by Gasteiger charge is 2.55. The zero-order valence-electron chi connectivity index (χ0n) is 20.4. The average molecular weight is 472 g/mol. The topological polar surface area (TPSA) is 70.6 Å². The average Bonchev–Trinajstić information content (AvgIpc) is 2.94. The second-order valence-electron chi connectivity index (χ2n) is 11.4. The molecule has 35 heavy (non-hydrogen) atoms. The number of benzene rings is 1. The number of hydrogen-bond donors (Lipinski definition) is 0. The van der Waals surface area contributed by atoms with Gasteiger partial charge < -0.3 is 4.90 Å². The van der Waals surface area contributed by atoms with Gasteiger partial charge in [0.1, 0.15) is 0 Å². The van der Waals surface area contributed by atoms with Crippen molar-refractivity contribution in [1.29, 1.82) is 0 Å². The summed E-state index contributed by atoms with van der Waals surface area (Å²) in [4.78, 5) is 48.9. The molecule has 1 aromatic heterocycles. The third-order valence-electron chi connectivity index (χ3n) is 9.04. The molecule has 2 aliphatic carbocycles. The maximum atomic E-state index is 14.1. The number of carbonyl (C=O) groups excluding carboxylic acids is 3. The van der Waals surface area contributed by atoms with Gasteiger partial charge in [-0.2, -0.15) is 0 Å². The van der Waals surface area contributed by atoms with Crippen molar-refractivity contribution in [2.45, 2.75) is 69.9 Å². The summed E-state index contributed by atoms with van der Waals surface area (Å²) in [6.07, 6.45) is 9.41. The molecule has 5 fully saturated rings. The highest BCUT2D eigenvalue weighted by atomic mass is 16.2. The highest BCUT2D eigenvalue weighted by Crippen LogP contribution is 2.49. The van der Waals surface area contributed by atoms with E-state index in [1.54, 1.807) is 12.4 Å². The molecule has 2 saturated carbocycles. The number of rotatable bonds is 5. The Labute approximate surface area is 206 Å². The first-order valence-electron chi connectivity index (χ1n) is 13.0. The molecule has 3 saturated heterocycles. The lowest BCUT2D eigenvalue weighted by molar-refractivity contribution is -0.144. The van der Waals surface area contributed by atoms with Gasteiger partial charge in [0.25, 0.3) is 0 Å². The molecule has 3 amide bonds. The lowest BCUT2D eigenvalue weighted by Crippen LogP contribution is -2.47. The van der Waals surface area contributed by atoms with E-state index in [0.717, 1.165) is 47.9 Å². The number of hydrogen-bond acceptors (Lipinski definition) is 4. The van der Waals surface area contributed by atoms with Crippen molar-refractivity contribution < 1.29 is 14.4 Å². The number of fused-ring (bicyclic) bond motifs is 1. The second kappa shape index (κ2) is 8.58. The lowest BCUT2D eigenvalue weighted by atomic mass is 9.68. The van der Waals surface area contributed by atoms with E-state index in [-0.39, 0.29) is 43.1 Å². The maximum absolute atomic E-state index is 14.1. The van der Waals surface area contributed by atoms with Crippen molar-refractivity contribution in [2.24, 2.45) is 17.8 Å². The Bertz CT molecular complexity index is 1150. The number of aromatic nitrogens is 1. The summed E-state index contributed by atoms with van der Waals surface area (Å²) in [5, 5.41) is 0. The number of amides is 3. The first kappa shape index (κ1) is 22.4. The van der Waals surface area contributed by atoms with Crippen molar-refractivity contribution in [2.75, 3.05) is 6.54 Å². The third-order valence-corrected chi connectivity index (χ3v) is 9.04. The summed E-state index contributed by atoms with van der Waals surface area (Å²) in [5.41, 5.74) is 1.47. The van der Waals surface area contributed by atoms with E-state index in [0.29, 0.717) is 5.92 Å². The van der Waals surface area contributed by atoms with Gasteiger partial charge in [0.15, 0.2) is 0 Å². The fourth-order valence-electron chi connectivity index (χ4n) is 7.63. The van der Waals surface area contributed by atoms with Crippen LogP contribution >= 0.6 is 0 Å². The minimum atomic E-state index is -1.14. The molecule has 0 N–H and O–H groups in total. The molecule has 0 spiro atoms. The SMILES string of the molecule is Cc1ccccc1[C@]1(CC(=O)N2CC3C[C@@H]4CC2C[C@H](C3)C4)CC(=O)N(Cc2ccncc2)C1=O. The molecule has 4 heterocycles. The summed E-state index contributed by atoms with van der Waals surface area (Å²) in [6.45, 7) is 2.99. The van der Waals surface area contributed by atoms with Gasteiger partial charge in [-0.15, -0.1) is 0 Å². The molecule has 2 aromatic rings. The van der Waals surface area contributed by atoms with Crippen molar-refractivity contribution in [3.8, 4) is 0 Å². The summed E-state index contributed by atoms with van der Waals surface area (Å²) in [6, 6.07) is 11.7. The summed E-state index contributed by atoms with van der Waals surface area (Å²) in [7, 11) is 0. The third kappa shape index (κ3) is 3.87. The van der Waals surface area contributed by atoms with Gasteiger partial charge in [-0.05, 0) is 85.6 Å². The molecular formula is C29H33N3O3. The molecule has 0 radical (unpaired) electrons. The number of likely N-dealkylation sites (tertiary alicyclic amines) is 1. The maximum Gasteiger partial charge on any atom is 0.241 e. The number of pyridine rings is 1. The predicted molar refractivity (Wildman–Crippen MR) is 131 cm³/mol. The lowest BCUT2D eigenvalue weighted by Gasteiger charge is -2.39. The van der Waals surface area contributed by atoms with Crippen LogP contribution in [0.1, 0.15) is 61.6 Å². The predicted octanol–water partition coefficient (Wildman–Crippen LogP) is 4.01. The Morgan fingerprint density at radius 2 is 1.66 bits per heavy atom. The van der Waals surface area contributed by atoms with E-state index in [1.165, 1.54) is 24.2 Å². The molecule has 5 atom stereocenters. The normalized spacial score (nSPS) is 31.8. The van der Waals surface area contributed by atoms with Crippen LogP contribution in [0.3, 0.4) is 0 Å². The van der Waals surface area contributed by atoms with Crippen LogP contribution in [0.2, 0.25) is 0 Å². The second-order valence-corrected chi connectivity index (χ2v) is 11.4. The van der Waals surface area contributed by atoms with E-state index in [1.807, 2.05) is 43.3 Å². The van der Waals surface area contributed by atoms with E-state index in [2.05, 4.69) is 9.88 Å². The van der Waals surface area contributed by atoms with E-state index >= 15 is 0 Å². The molecule has 5 aliphatic rings. The monoisotopic (exact) mass is 471 g/mol. The van der Waals surface area contributed by atoms with Crippen LogP contribution in [0.4, 0.5) is 0 Å². The van der Waals surface area contributed by atoms with Gasteiger partial charge in [-0.3, -0.25) is 24.3 Å². The van der Waals surface area contributed by atoms with E-state index in [4.69, 9.17) is 0 Å². The Morgan fingerprint density at radius 1 is 0.971 bits per heavy atom. The summed E-state index contributed by atoms with van der Waals surface area (Å²) < 4.78 is 0. The van der Waals surface area contributed by atoms with Crippen LogP contribution in [-0.2, 0) is 26.3 Å². The smallest absolute Gasteiger partial charge is 0.241 e. The standard InChI is InChI=1S/C29H33N3O3/c1-19-4-2-3-5-25(19)29(16-27(34)32(28(29)35)17-20-6-8-30-9-7-20)15-26(33)31-18-23-11-21-10-22(12-23)14-24(31)13-21/h2-9,21-24H,10-18H2,1H3/t21-,22+,23?,24?,29-/m0/s1. The van der Waals surface area contributed by atoms with Crippen LogP contribution in [0.25, 0.3) is 0 Å². The number of carbonyl (C=O) groups is 3. The molecule has 1 aromatic carbocycles. The zero-order valence-corrected chi connectivity index (χ0v) is 20.4. The molecule has 2 unspecified atom stereocenters. The van der Waals surface area contributed by atoms with Gasteiger partial charge in [-0.1, -0.05) is 24.3 Å². The minimum absolute atomic E-state index is 0.0402. The first-order chi connectivity index (χ1) is 16.9. The minimum Gasteiger partial charge on any atom is -0.339 e. The van der Waals surface area contributed by atoms with Crippen molar-refractivity contribution in [3.63, 3.8) is 0 Å². The zero-order chi connectivity index (χ0) is 24.2. The summed E-state index contributed by atoms with van der Waals surface area (Å²) in [5.74, 6) is 1.64. The Morgan fingerprint density at radius 3 is 2.37 bits per heavy atom. The van der Waals surface area contributed by atoms with Crippen LogP contribution in [0.15, 0.2) is 48.8 Å². The molecule has 182 valence electrons. The number of aryl methyl sites for hydroxylation is 1. The summed E-state index contributed by atoms with van der Waals surface area (Å²) >= 11 is 0. The van der Waals surface area contributed by atoms with Gasteiger partial charge >= 0.3 is 0 Å². The van der Waals surface area contributed by atoms with Gasteiger partial charge in [0.05, 0.1) is 12.0 Å². The Balaban J connectivity index is 1.33. The molecule has 6 nitrogen and oxygen atoms in total. The largest absolute Gasteiger partial charge is 0.339 e. The van der Waals surface area contributed by atoms with Crippen LogP contribution in [0.5, 0.6) is 0 Å². The molecule has 3 aliphatic heterocycles. The molecule has 4 bridgehead atoms. The Kier molecular flexibility index (Phi) is 5.50. The van der Waals surface area contributed by atoms with Gasteiger partial charge in [0.2, 0.25) is 17.7 Å². The quantitative estimate of drug-likeness (QED) is 0.618. The highest BCUT2D eigenvalue weighted by molar-refractivity contribution is 6.10. The van der Waals surface area contributed by atoms with Crippen LogP contribution in [0, 0.1) is 24.7 Å². The fourth-order valence-corrected chi connectivity index (χ4v) is 7.63. The first-order valence-corrected chi connectivity index (χ1v) is 13.0. The van der Waals surface area contributed by atoms with Crippen molar-refractivity contribution >= 4 is 17.7 Å². The fraction of sp³-hybridized carbons (Fsp3) is 0.517. The Hall–Kier alpha value is -3.02. The van der Waals surface area contributed by atoms with Crippen LogP contribution in [-0.4, -0.2) is 45.1 Å². The molecule has 6 heteroatoms. The van der Waals surface area contributed by atoms with Crippen molar-refractivity contribution in [1.82, 2.24) is 14.8 Å². The van der Waals surface area contributed by atoms with Crippen molar-refractivity contribution in [3.05, 3.63) is 65.5 Å². The molecule has 7 rings (SSSR count). The van der Waals surface area contributed by atoms with Crippen LogP contribution < -0.4 is 0 Å². The van der Waals surface area contributed by atoms with Gasteiger partial charge in [0, 0.05) is 37.8 Å². The van der Waals surface area contributed by atoms with Gasteiger partial charge in [-0.25, -0.2) is 0 Å². The number of nitrogens with zero attached hydrogens (tertiary/aromatic N) is 3. The van der Waals surface area contributed by atoms with E-state index in [9.17, 15) is 14.4 Å². The van der Waals surface area contributed by atoms with E-state index < -0.39 is 5.41 Å². The molecular weight excluding hydrogens is 438 g/mol. The number of imide groups is 1.